The molecule has 2 unspecified atom stereocenters. The standard InChI is InChI=1S/C27H36N4O3S2/c1-5-6-12-30-24(29-15-17(2)34-18(3)16-29)21(19(4)22(14-28)25(30)32)13-23-26(33)31(27(35)36-23)20-10-8-7-9-11-20/h13,17-18,20H,5-12,15-16H2,1-4H3/b23-13+. The Labute approximate surface area is 223 Å². The second kappa shape index (κ2) is 11.5. The molecular formula is C27H36N4O3S2. The van der Waals surface area contributed by atoms with Gasteiger partial charge in [0.15, 0.2) is 0 Å². The van der Waals surface area contributed by atoms with Crippen molar-refractivity contribution in [2.24, 2.45) is 0 Å². The molecule has 194 valence electrons. The zero-order valence-corrected chi connectivity index (χ0v) is 23.3. The van der Waals surface area contributed by atoms with Crippen LogP contribution in [0.2, 0.25) is 0 Å². The van der Waals surface area contributed by atoms with Crippen LogP contribution in [0.4, 0.5) is 5.82 Å². The molecule has 0 N–H and O–H groups in total. The van der Waals surface area contributed by atoms with Gasteiger partial charge in [0, 0.05) is 31.2 Å². The molecule has 0 spiro atoms. The number of carbonyl (C=O) groups is 1. The Morgan fingerprint density at radius 1 is 1.17 bits per heavy atom. The maximum atomic E-state index is 13.6. The molecular weight excluding hydrogens is 492 g/mol. The molecule has 1 saturated carbocycles. The Balaban J connectivity index is 1.86. The van der Waals surface area contributed by atoms with Crippen LogP contribution in [0.3, 0.4) is 0 Å². The number of anilines is 1. The van der Waals surface area contributed by atoms with E-state index in [4.69, 9.17) is 17.0 Å². The van der Waals surface area contributed by atoms with Gasteiger partial charge in [-0.2, -0.15) is 5.26 Å². The first kappa shape index (κ1) is 26.9. The monoisotopic (exact) mass is 528 g/mol. The predicted octanol–water partition coefficient (Wildman–Crippen LogP) is 4.98. The Morgan fingerprint density at radius 3 is 2.44 bits per heavy atom. The molecule has 1 aromatic rings. The van der Waals surface area contributed by atoms with E-state index in [-0.39, 0.29) is 35.3 Å². The van der Waals surface area contributed by atoms with Crippen LogP contribution in [-0.4, -0.2) is 51.0 Å². The summed E-state index contributed by atoms with van der Waals surface area (Å²) in [6.45, 7) is 9.74. The average Bonchev–Trinajstić information content (AvgIpc) is 3.12. The molecule has 2 aliphatic heterocycles. The number of nitrogens with zero attached hydrogens (tertiary/aromatic N) is 4. The number of hydrogen-bond donors (Lipinski definition) is 0. The van der Waals surface area contributed by atoms with Crippen LogP contribution in [-0.2, 0) is 16.1 Å². The van der Waals surface area contributed by atoms with Gasteiger partial charge >= 0.3 is 0 Å². The molecule has 4 rings (SSSR count). The number of amides is 1. The summed E-state index contributed by atoms with van der Waals surface area (Å²) < 4.78 is 8.32. The fourth-order valence-corrected chi connectivity index (χ4v) is 7.01. The van der Waals surface area contributed by atoms with Crippen molar-refractivity contribution in [3.8, 4) is 6.07 Å². The molecule has 3 fully saturated rings. The maximum absolute atomic E-state index is 13.6. The first-order valence-electron chi connectivity index (χ1n) is 13.1. The van der Waals surface area contributed by atoms with Gasteiger partial charge in [-0.15, -0.1) is 0 Å². The van der Waals surface area contributed by atoms with Crippen LogP contribution in [0.1, 0.15) is 82.4 Å². The summed E-state index contributed by atoms with van der Waals surface area (Å²) in [4.78, 5) is 31.6. The summed E-state index contributed by atoms with van der Waals surface area (Å²) in [6, 6.07) is 2.30. The number of carbonyl (C=O) groups excluding carboxylic acids is 1. The van der Waals surface area contributed by atoms with Gasteiger partial charge < -0.3 is 9.64 Å². The fourth-order valence-electron chi connectivity index (χ4n) is 5.62. The number of thiocarbonyl (C=S) groups is 1. The van der Waals surface area contributed by atoms with Crippen molar-refractivity contribution >= 4 is 46.1 Å². The Bertz CT molecular complexity index is 1150. The molecule has 1 aliphatic carbocycles. The molecule has 7 nitrogen and oxygen atoms in total. The Kier molecular flexibility index (Phi) is 8.59. The van der Waals surface area contributed by atoms with E-state index in [1.54, 1.807) is 9.47 Å². The number of ether oxygens (including phenoxy) is 1. The second-order valence-electron chi connectivity index (χ2n) is 10.2. The van der Waals surface area contributed by atoms with Crippen molar-refractivity contribution in [2.45, 2.75) is 97.4 Å². The van der Waals surface area contributed by atoms with E-state index in [2.05, 4.69) is 17.9 Å². The molecule has 1 amide bonds. The summed E-state index contributed by atoms with van der Waals surface area (Å²) >= 11 is 6.99. The maximum Gasteiger partial charge on any atom is 0.270 e. The van der Waals surface area contributed by atoms with Gasteiger partial charge in [-0.1, -0.05) is 56.6 Å². The normalized spacial score (nSPS) is 24.6. The van der Waals surface area contributed by atoms with E-state index in [1.165, 1.54) is 18.2 Å². The van der Waals surface area contributed by atoms with Crippen molar-refractivity contribution in [1.29, 1.82) is 5.26 Å². The molecule has 36 heavy (non-hydrogen) atoms. The highest BCUT2D eigenvalue weighted by Gasteiger charge is 2.38. The van der Waals surface area contributed by atoms with E-state index in [1.807, 2.05) is 26.8 Å². The molecule has 1 aromatic heterocycles. The third kappa shape index (κ3) is 5.27. The molecule has 0 aromatic carbocycles. The van der Waals surface area contributed by atoms with Gasteiger partial charge in [-0.3, -0.25) is 19.1 Å². The summed E-state index contributed by atoms with van der Waals surface area (Å²) in [5, 5.41) is 9.91. The minimum absolute atomic E-state index is 0.00297. The van der Waals surface area contributed by atoms with Gasteiger partial charge in [0.2, 0.25) is 0 Å². The van der Waals surface area contributed by atoms with Crippen LogP contribution in [0.25, 0.3) is 6.08 Å². The number of hydrogen-bond acceptors (Lipinski definition) is 7. The lowest BCUT2D eigenvalue weighted by molar-refractivity contribution is -0.124. The average molecular weight is 529 g/mol. The largest absolute Gasteiger partial charge is 0.372 e. The minimum Gasteiger partial charge on any atom is -0.372 e. The summed E-state index contributed by atoms with van der Waals surface area (Å²) in [5.41, 5.74) is 1.24. The SMILES string of the molecule is CCCCn1c(N2CC(C)OC(C)C2)c(/C=C2/SC(=S)N(C3CCCCC3)C2=O)c(C)c(C#N)c1=O. The van der Waals surface area contributed by atoms with Crippen LogP contribution in [0.15, 0.2) is 9.70 Å². The van der Waals surface area contributed by atoms with Crippen LogP contribution in [0, 0.1) is 18.3 Å². The molecule has 2 saturated heterocycles. The number of nitriles is 1. The predicted molar refractivity (Wildman–Crippen MR) is 149 cm³/mol. The number of aromatic nitrogens is 1. The number of pyridine rings is 1. The van der Waals surface area contributed by atoms with Crippen LogP contribution < -0.4 is 10.5 Å². The zero-order valence-electron chi connectivity index (χ0n) is 21.7. The van der Waals surface area contributed by atoms with E-state index < -0.39 is 0 Å². The third-order valence-corrected chi connectivity index (χ3v) is 8.67. The summed E-state index contributed by atoms with van der Waals surface area (Å²) in [6.07, 6.45) is 9.01. The molecule has 3 heterocycles. The van der Waals surface area contributed by atoms with Crippen molar-refractivity contribution < 1.29 is 9.53 Å². The summed E-state index contributed by atoms with van der Waals surface area (Å²) in [7, 11) is 0. The Hall–Kier alpha value is -2.15. The molecule has 0 bridgehead atoms. The van der Waals surface area contributed by atoms with Gasteiger partial charge in [0.05, 0.1) is 17.1 Å². The fraction of sp³-hybridized carbons (Fsp3) is 0.630. The van der Waals surface area contributed by atoms with Crippen LogP contribution in [0.5, 0.6) is 0 Å². The highest BCUT2D eigenvalue weighted by atomic mass is 32.2. The van der Waals surface area contributed by atoms with Gasteiger partial charge in [0.1, 0.15) is 21.8 Å². The highest BCUT2D eigenvalue weighted by molar-refractivity contribution is 8.26. The number of thioether (sulfide) groups is 1. The lowest BCUT2D eigenvalue weighted by Gasteiger charge is -2.39. The topological polar surface area (TPSA) is 78.6 Å². The first-order chi connectivity index (χ1) is 17.3. The van der Waals surface area contributed by atoms with Crippen molar-refractivity contribution in [3.05, 3.63) is 31.9 Å². The van der Waals surface area contributed by atoms with Gasteiger partial charge in [-0.25, -0.2) is 0 Å². The first-order valence-corrected chi connectivity index (χ1v) is 14.3. The van der Waals surface area contributed by atoms with Crippen molar-refractivity contribution in [1.82, 2.24) is 9.47 Å². The van der Waals surface area contributed by atoms with E-state index >= 15 is 0 Å². The minimum atomic E-state index is -0.267. The summed E-state index contributed by atoms with van der Waals surface area (Å²) in [5.74, 6) is 0.714. The zero-order chi connectivity index (χ0) is 26.0. The lowest BCUT2D eigenvalue weighted by atomic mass is 9.94. The van der Waals surface area contributed by atoms with E-state index in [9.17, 15) is 14.9 Å². The molecule has 0 radical (unpaired) electrons. The molecule has 2 atom stereocenters. The quantitative estimate of drug-likeness (QED) is 0.381. The lowest BCUT2D eigenvalue weighted by Crippen LogP contribution is -2.48. The molecule has 3 aliphatic rings. The number of rotatable bonds is 6. The number of unbranched alkanes of at least 4 members (excludes halogenated alkanes) is 1. The van der Waals surface area contributed by atoms with E-state index in [0.717, 1.165) is 49.9 Å². The highest BCUT2D eigenvalue weighted by Crippen LogP contribution is 2.39. The molecule has 9 heteroatoms. The van der Waals surface area contributed by atoms with E-state index in [0.29, 0.717) is 34.4 Å². The smallest absolute Gasteiger partial charge is 0.270 e. The van der Waals surface area contributed by atoms with Gasteiger partial charge in [0.25, 0.3) is 11.5 Å². The van der Waals surface area contributed by atoms with Gasteiger partial charge in [-0.05, 0) is 51.7 Å². The van der Waals surface area contributed by atoms with Crippen molar-refractivity contribution in [2.75, 3.05) is 18.0 Å². The Morgan fingerprint density at radius 2 is 1.83 bits per heavy atom. The number of morpholine rings is 1. The second-order valence-corrected chi connectivity index (χ2v) is 11.8. The third-order valence-electron chi connectivity index (χ3n) is 7.34. The van der Waals surface area contributed by atoms with Crippen LogP contribution >= 0.6 is 24.0 Å². The van der Waals surface area contributed by atoms with Crippen molar-refractivity contribution in [3.63, 3.8) is 0 Å².